The predicted octanol–water partition coefficient (Wildman–Crippen LogP) is 4.15. The molecule has 1 amide bonds. The molecule has 6 heteroatoms. The molecule has 2 aromatic rings. The number of hydrogen-bond acceptors (Lipinski definition) is 3. The lowest BCUT2D eigenvalue weighted by Gasteiger charge is -2.36. The van der Waals surface area contributed by atoms with Crippen LogP contribution in [0.25, 0.3) is 10.9 Å². The highest BCUT2D eigenvalue weighted by atomic mass is 35.5. The summed E-state index contributed by atoms with van der Waals surface area (Å²) in [6.07, 6.45) is 10.0. The molecule has 152 valence electrons. The number of carbonyl (C=O) groups excluding carboxylic acids is 1. The first-order valence-electron chi connectivity index (χ1n) is 10.4. The summed E-state index contributed by atoms with van der Waals surface area (Å²) in [5.74, 6) is 0.509. The molecule has 0 radical (unpaired) electrons. The first kappa shape index (κ1) is 19.7. The molecule has 28 heavy (non-hydrogen) atoms. The van der Waals surface area contributed by atoms with Gasteiger partial charge in [0.2, 0.25) is 0 Å². The van der Waals surface area contributed by atoms with E-state index in [2.05, 4.69) is 5.32 Å². The van der Waals surface area contributed by atoms with Crippen molar-refractivity contribution in [1.82, 2.24) is 9.88 Å². The molecule has 2 N–H and O–H groups in total. The van der Waals surface area contributed by atoms with Crippen LogP contribution in [-0.4, -0.2) is 40.9 Å². The number of halogens is 1. The zero-order valence-electron chi connectivity index (χ0n) is 16.3. The molecule has 1 saturated heterocycles. The molecule has 1 saturated carbocycles. The number of benzene rings is 1. The fraction of sp³-hybridized carbons (Fsp3) is 0.591. The number of nitrogens with zero attached hydrogens (tertiary/aromatic N) is 1. The van der Waals surface area contributed by atoms with Gasteiger partial charge in [-0.15, -0.1) is 0 Å². The molecule has 1 aliphatic heterocycles. The summed E-state index contributed by atoms with van der Waals surface area (Å²) in [5, 5.41) is 14.8. The van der Waals surface area contributed by atoms with E-state index < -0.39 is 5.60 Å². The Morgan fingerprint density at radius 2 is 2.00 bits per heavy atom. The minimum Gasteiger partial charge on any atom is -0.385 e. The van der Waals surface area contributed by atoms with Gasteiger partial charge in [0.25, 0.3) is 5.91 Å². The van der Waals surface area contributed by atoms with Crippen LogP contribution < -0.4 is 5.32 Å². The van der Waals surface area contributed by atoms with Crippen LogP contribution in [0.5, 0.6) is 0 Å². The van der Waals surface area contributed by atoms with Gasteiger partial charge in [-0.05, 0) is 37.3 Å². The maximum Gasteiger partial charge on any atom is 0.253 e. The fourth-order valence-electron chi connectivity index (χ4n) is 4.38. The van der Waals surface area contributed by atoms with Crippen molar-refractivity contribution in [2.45, 2.75) is 57.1 Å². The maximum atomic E-state index is 13.0. The van der Waals surface area contributed by atoms with Gasteiger partial charge in [-0.2, -0.15) is 0 Å². The number of ether oxygens (including phenoxy) is 1. The molecule has 1 aromatic carbocycles. The number of fused-ring (bicyclic) bond motifs is 1. The van der Waals surface area contributed by atoms with E-state index in [0.717, 1.165) is 17.4 Å². The Labute approximate surface area is 171 Å². The van der Waals surface area contributed by atoms with Crippen LogP contribution in [0, 0.1) is 5.92 Å². The van der Waals surface area contributed by atoms with Gasteiger partial charge >= 0.3 is 0 Å². The third-order valence-electron chi connectivity index (χ3n) is 6.19. The second kappa shape index (κ2) is 8.44. The van der Waals surface area contributed by atoms with Crippen LogP contribution in [0.15, 0.2) is 24.4 Å². The minimum atomic E-state index is -0.753. The third kappa shape index (κ3) is 4.22. The van der Waals surface area contributed by atoms with E-state index in [1.165, 1.54) is 38.5 Å². The lowest BCUT2D eigenvalue weighted by atomic mass is 9.98. The first-order valence-corrected chi connectivity index (χ1v) is 10.8. The summed E-state index contributed by atoms with van der Waals surface area (Å²) < 4.78 is 7.16. The molecule has 2 fully saturated rings. The summed E-state index contributed by atoms with van der Waals surface area (Å²) in [5.41, 5.74) is 0.791. The zero-order chi connectivity index (χ0) is 19.6. The second-order valence-electron chi connectivity index (χ2n) is 8.40. The molecule has 0 bridgehead atoms. The number of aryl methyl sites for hydroxylation is 1. The molecule has 5 nitrogen and oxygen atoms in total. The monoisotopic (exact) mass is 404 g/mol. The predicted molar refractivity (Wildman–Crippen MR) is 111 cm³/mol. The molecule has 0 atom stereocenters. The van der Waals surface area contributed by atoms with Gasteiger partial charge in [-0.25, -0.2) is 0 Å². The Bertz CT molecular complexity index is 836. The summed E-state index contributed by atoms with van der Waals surface area (Å²) in [4.78, 5) is 13.0. The van der Waals surface area contributed by atoms with Crippen LogP contribution in [-0.2, 0) is 11.3 Å². The lowest BCUT2D eigenvalue weighted by Crippen LogP contribution is -2.50. The van der Waals surface area contributed by atoms with Crippen LogP contribution in [0.4, 0.5) is 0 Å². The van der Waals surface area contributed by atoms with Gasteiger partial charge in [0, 0.05) is 24.7 Å². The number of aromatic nitrogens is 1. The fourth-order valence-corrected chi connectivity index (χ4v) is 4.65. The lowest BCUT2D eigenvalue weighted by molar-refractivity contribution is -0.182. The van der Waals surface area contributed by atoms with Gasteiger partial charge in [0.1, 0.15) is 5.60 Å². The normalized spacial score (nSPS) is 19.9. The Morgan fingerprint density at radius 3 is 2.68 bits per heavy atom. The van der Waals surface area contributed by atoms with E-state index in [-0.39, 0.29) is 5.91 Å². The van der Waals surface area contributed by atoms with Crippen LogP contribution in [0.2, 0.25) is 5.02 Å². The van der Waals surface area contributed by atoms with Gasteiger partial charge < -0.3 is 19.7 Å². The Balaban J connectivity index is 1.51. The smallest absolute Gasteiger partial charge is 0.253 e. The van der Waals surface area contributed by atoms with Crippen molar-refractivity contribution in [2.24, 2.45) is 5.92 Å². The number of carbonyl (C=O) groups is 1. The SMILES string of the molecule is O=C(NCC1CCCCCC1)c1cn(CCC2(O)COC2)c2cccc(Cl)c12. The van der Waals surface area contributed by atoms with Crippen molar-refractivity contribution >= 4 is 28.4 Å². The van der Waals surface area contributed by atoms with E-state index in [1.807, 2.05) is 29.0 Å². The van der Waals surface area contributed by atoms with Gasteiger partial charge in [0.15, 0.2) is 0 Å². The van der Waals surface area contributed by atoms with E-state index in [4.69, 9.17) is 16.3 Å². The van der Waals surface area contributed by atoms with Gasteiger partial charge in [-0.3, -0.25) is 4.79 Å². The molecule has 1 aliphatic carbocycles. The van der Waals surface area contributed by atoms with Gasteiger partial charge in [0.05, 0.1) is 29.3 Å². The Hall–Kier alpha value is -1.56. The molecular weight excluding hydrogens is 376 g/mol. The first-order chi connectivity index (χ1) is 13.6. The highest BCUT2D eigenvalue weighted by Gasteiger charge is 2.35. The van der Waals surface area contributed by atoms with Crippen molar-refractivity contribution in [2.75, 3.05) is 19.8 Å². The van der Waals surface area contributed by atoms with E-state index in [1.54, 1.807) is 0 Å². The molecule has 1 aromatic heterocycles. The molecule has 2 aliphatic rings. The molecule has 4 rings (SSSR count). The summed E-state index contributed by atoms with van der Waals surface area (Å²) >= 11 is 6.46. The number of hydrogen-bond donors (Lipinski definition) is 2. The molecular formula is C22H29ClN2O3. The topological polar surface area (TPSA) is 63.5 Å². The van der Waals surface area contributed by atoms with Crippen LogP contribution in [0.1, 0.15) is 55.3 Å². The maximum absolute atomic E-state index is 13.0. The van der Waals surface area contributed by atoms with Crippen LogP contribution >= 0.6 is 11.6 Å². The Morgan fingerprint density at radius 1 is 1.25 bits per heavy atom. The van der Waals surface area contributed by atoms with E-state index >= 15 is 0 Å². The number of aliphatic hydroxyl groups is 1. The highest BCUT2D eigenvalue weighted by molar-refractivity contribution is 6.36. The zero-order valence-corrected chi connectivity index (χ0v) is 17.0. The van der Waals surface area contributed by atoms with Crippen molar-refractivity contribution in [1.29, 1.82) is 0 Å². The van der Waals surface area contributed by atoms with Crippen molar-refractivity contribution in [3.8, 4) is 0 Å². The summed E-state index contributed by atoms with van der Waals surface area (Å²) in [7, 11) is 0. The van der Waals surface area contributed by atoms with Crippen molar-refractivity contribution < 1.29 is 14.6 Å². The summed E-state index contributed by atoms with van der Waals surface area (Å²) in [6, 6.07) is 5.70. The van der Waals surface area contributed by atoms with E-state index in [0.29, 0.717) is 42.7 Å². The van der Waals surface area contributed by atoms with Gasteiger partial charge in [-0.1, -0.05) is 43.4 Å². The third-order valence-corrected chi connectivity index (χ3v) is 6.50. The quantitative estimate of drug-likeness (QED) is 0.711. The number of amides is 1. The summed E-state index contributed by atoms with van der Waals surface area (Å²) in [6.45, 7) is 2.10. The van der Waals surface area contributed by atoms with Crippen molar-refractivity contribution in [3.05, 3.63) is 35.0 Å². The van der Waals surface area contributed by atoms with E-state index in [9.17, 15) is 9.90 Å². The minimum absolute atomic E-state index is 0.0632. The molecule has 0 unspecified atom stereocenters. The Kier molecular flexibility index (Phi) is 5.95. The standard InChI is InChI=1S/C22H29ClN2O3/c23-18-8-5-9-19-20(18)17(13-25(19)11-10-22(27)14-28-15-22)21(26)24-12-16-6-3-1-2-4-7-16/h5,8-9,13,16,27H,1-4,6-7,10-12,14-15H2,(H,24,26). The molecule has 2 heterocycles. The van der Waals surface area contributed by atoms with Crippen molar-refractivity contribution in [3.63, 3.8) is 0 Å². The number of nitrogens with one attached hydrogen (secondary N) is 1. The average Bonchev–Trinajstić information content (AvgIpc) is 2.85. The van der Waals surface area contributed by atoms with Crippen LogP contribution in [0.3, 0.4) is 0 Å². The molecule has 0 spiro atoms. The highest BCUT2D eigenvalue weighted by Crippen LogP contribution is 2.31. The second-order valence-corrected chi connectivity index (χ2v) is 8.81. The largest absolute Gasteiger partial charge is 0.385 e. The number of rotatable bonds is 6. The average molecular weight is 405 g/mol.